The van der Waals surface area contributed by atoms with Gasteiger partial charge in [-0.05, 0) is 30.9 Å². The molecule has 2 amide bonds. The molecule has 7 nitrogen and oxygen atoms in total. The van der Waals surface area contributed by atoms with Gasteiger partial charge in [-0.25, -0.2) is 9.59 Å². The van der Waals surface area contributed by atoms with E-state index in [0.29, 0.717) is 17.9 Å². The fraction of sp³-hybridized carbons (Fsp3) is 0.588. The number of carboxylic acids is 1. The summed E-state index contributed by atoms with van der Waals surface area (Å²) < 4.78 is 31.7. The Morgan fingerprint density at radius 3 is 2.30 bits per heavy atom. The molecule has 1 unspecified atom stereocenters. The minimum atomic E-state index is -5.08. The van der Waals surface area contributed by atoms with Gasteiger partial charge in [-0.1, -0.05) is 6.07 Å². The van der Waals surface area contributed by atoms with Crippen molar-refractivity contribution in [1.29, 1.82) is 0 Å². The molecule has 10 heteroatoms. The van der Waals surface area contributed by atoms with Crippen LogP contribution in [-0.2, 0) is 11.3 Å². The summed E-state index contributed by atoms with van der Waals surface area (Å²) in [7, 11) is 3.56. The van der Waals surface area contributed by atoms with Crippen LogP contribution in [0.4, 0.5) is 18.0 Å². The highest BCUT2D eigenvalue weighted by Gasteiger charge is 2.56. The Morgan fingerprint density at radius 1 is 1.30 bits per heavy atom. The molecule has 1 aromatic heterocycles. The summed E-state index contributed by atoms with van der Waals surface area (Å²) >= 11 is 0. The first-order valence-corrected chi connectivity index (χ1v) is 8.42. The van der Waals surface area contributed by atoms with Crippen molar-refractivity contribution < 1.29 is 27.9 Å². The first-order chi connectivity index (χ1) is 12.5. The van der Waals surface area contributed by atoms with E-state index in [0.717, 1.165) is 31.0 Å². The van der Waals surface area contributed by atoms with E-state index in [1.165, 1.54) is 0 Å². The highest BCUT2D eigenvalue weighted by atomic mass is 19.4. The molecule has 1 saturated heterocycles. The Hall–Kier alpha value is -2.36. The number of nitrogens with one attached hydrogen (secondary N) is 1. The topological polar surface area (TPSA) is 85.8 Å². The maximum atomic E-state index is 11.6. The number of aromatic nitrogens is 1. The van der Waals surface area contributed by atoms with E-state index in [1.807, 2.05) is 13.0 Å². The van der Waals surface area contributed by atoms with Gasteiger partial charge in [0.15, 0.2) is 0 Å². The van der Waals surface area contributed by atoms with E-state index in [1.54, 1.807) is 19.0 Å². The lowest BCUT2D eigenvalue weighted by Gasteiger charge is -2.20. The summed E-state index contributed by atoms with van der Waals surface area (Å²) in [6.45, 7) is 5.08. The number of aliphatic carboxylic acids is 1. The zero-order valence-electron chi connectivity index (χ0n) is 15.3. The molecule has 1 saturated carbocycles. The molecule has 0 bridgehead atoms. The second kappa shape index (κ2) is 8.12. The zero-order chi connectivity index (χ0) is 20.4. The van der Waals surface area contributed by atoms with Crippen LogP contribution in [0.5, 0.6) is 0 Å². The van der Waals surface area contributed by atoms with Crippen LogP contribution < -0.4 is 5.32 Å². The van der Waals surface area contributed by atoms with E-state index in [9.17, 15) is 18.0 Å². The fourth-order valence-electron chi connectivity index (χ4n) is 3.15. The zero-order valence-corrected chi connectivity index (χ0v) is 15.3. The lowest BCUT2D eigenvalue weighted by atomic mass is 10.3. The van der Waals surface area contributed by atoms with Crippen molar-refractivity contribution in [3.05, 3.63) is 29.6 Å². The van der Waals surface area contributed by atoms with Crippen LogP contribution in [-0.4, -0.2) is 71.3 Å². The quantitative estimate of drug-likeness (QED) is 0.824. The van der Waals surface area contributed by atoms with Crippen molar-refractivity contribution in [1.82, 2.24) is 20.1 Å². The molecule has 1 aliphatic heterocycles. The second-order valence-electron chi connectivity index (χ2n) is 6.96. The van der Waals surface area contributed by atoms with Crippen LogP contribution in [0.3, 0.4) is 0 Å². The normalized spacial score (nSPS) is 23.7. The number of halogens is 3. The number of piperidine rings is 1. The number of alkyl halides is 3. The Morgan fingerprint density at radius 2 is 1.85 bits per heavy atom. The number of likely N-dealkylation sites (tertiary alicyclic amines) is 1. The van der Waals surface area contributed by atoms with Gasteiger partial charge in [-0.15, -0.1) is 0 Å². The highest BCUT2D eigenvalue weighted by molar-refractivity contribution is 5.74. The maximum Gasteiger partial charge on any atom is 0.490 e. The predicted molar refractivity (Wildman–Crippen MR) is 90.9 cm³/mol. The minimum Gasteiger partial charge on any atom is -0.475 e. The molecule has 1 aromatic rings. The van der Waals surface area contributed by atoms with Gasteiger partial charge in [0.1, 0.15) is 0 Å². The average molecular weight is 388 g/mol. The number of rotatable bonds is 3. The summed E-state index contributed by atoms with van der Waals surface area (Å²) in [6, 6.07) is 6.58. The van der Waals surface area contributed by atoms with Crippen molar-refractivity contribution in [2.45, 2.75) is 25.7 Å². The Labute approximate surface area is 155 Å². The largest absolute Gasteiger partial charge is 0.490 e. The third-order valence-electron chi connectivity index (χ3n) is 4.54. The molecule has 3 rings (SSSR count). The molecule has 27 heavy (non-hydrogen) atoms. The smallest absolute Gasteiger partial charge is 0.475 e. The third-order valence-corrected chi connectivity index (χ3v) is 4.54. The second-order valence-corrected chi connectivity index (χ2v) is 6.96. The summed E-state index contributed by atoms with van der Waals surface area (Å²) in [4.78, 5) is 29.1. The Kier molecular flexibility index (Phi) is 6.30. The number of carbonyl (C=O) groups is 2. The summed E-state index contributed by atoms with van der Waals surface area (Å²) in [5.41, 5.74) is 2.21. The van der Waals surface area contributed by atoms with Crippen molar-refractivity contribution in [2.24, 2.45) is 11.8 Å². The van der Waals surface area contributed by atoms with Crippen molar-refractivity contribution >= 4 is 12.0 Å². The first kappa shape index (κ1) is 20.9. The molecule has 2 heterocycles. The van der Waals surface area contributed by atoms with Crippen molar-refractivity contribution in [2.75, 3.05) is 27.2 Å². The predicted octanol–water partition coefficient (Wildman–Crippen LogP) is 1.72. The van der Waals surface area contributed by atoms with Crippen LogP contribution >= 0.6 is 0 Å². The monoisotopic (exact) mass is 388 g/mol. The SMILES string of the molecule is Cc1cccc(CN2C[C@@H]3C(NC(=O)N(C)C)[C@@H]3C2)n1.O=C(O)C(F)(F)F. The van der Waals surface area contributed by atoms with Gasteiger partial charge in [0.2, 0.25) is 0 Å². The molecule has 2 N–H and O–H groups in total. The van der Waals surface area contributed by atoms with Crippen LogP contribution in [0.1, 0.15) is 11.4 Å². The fourth-order valence-corrected chi connectivity index (χ4v) is 3.15. The lowest BCUT2D eigenvalue weighted by molar-refractivity contribution is -0.192. The Bertz CT molecular complexity index is 684. The molecule has 0 aromatic carbocycles. The van der Waals surface area contributed by atoms with Crippen LogP contribution in [0, 0.1) is 18.8 Å². The van der Waals surface area contributed by atoms with Crippen molar-refractivity contribution in [3.8, 4) is 0 Å². The number of nitrogens with zero attached hydrogens (tertiary/aromatic N) is 3. The van der Waals surface area contributed by atoms with Crippen LogP contribution in [0.15, 0.2) is 18.2 Å². The number of pyridine rings is 1. The van der Waals surface area contributed by atoms with E-state index in [-0.39, 0.29) is 6.03 Å². The van der Waals surface area contributed by atoms with Gasteiger partial charge in [0.05, 0.1) is 5.69 Å². The number of hydrogen-bond acceptors (Lipinski definition) is 4. The molecule has 150 valence electrons. The maximum absolute atomic E-state index is 11.6. The number of carboxylic acid groups (broad SMARTS) is 1. The van der Waals surface area contributed by atoms with Crippen LogP contribution in [0.25, 0.3) is 0 Å². The number of fused-ring (bicyclic) bond motifs is 1. The van der Waals surface area contributed by atoms with E-state index >= 15 is 0 Å². The average Bonchev–Trinajstić information content (AvgIpc) is 2.99. The Balaban J connectivity index is 0.000000321. The summed E-state index contributed by atoms with van der Waals surface area (Å²) in [6.07, 6.45) is -5.08. The summed E-state index contributed by atoms with van der Waals surface area (Å²) in [5.74, 6) is -1.50. The van der Waals surface area contributed by atoms with Gasteiger partial charge in [0, 0.05) is 45.5 Å². The molecular formula is C17H23F3N4O3. The molecule has 0 spiro atoms. The van der Waals surface area contributed by atoms with E-state index in [4.69, 9.17) is 9.90 Å². The van der Waals surface area contributed by atoms with Gasteiger partial charge < -0.3 is 15.3 Å². The van der Waals surface area contributed by atoms with Gasteiger partial charge in [0.25, 0.3) is 0 Å². The molecule has 1 aliphatic carbocycles. The standard InChI is InChI=1S/C15H22N4O.C2HF3O2/c1-10-5-4-6-11(16-10)7-19-8-12-13(9-19)14(12)17-15(20)18(2)3;3-2(4,5)1(6)7/h4-6,12-14H,7-9H2,1-3H3,(H,17,20);(H,6,7)/t12-,13+,14?;. The van der Waals surface area contributed by atoms with Gasteiger partial charge >= 0.3 is 18.2 Å². The molecule has 2 aliphatic rings. The van der Waals surface area contributed by atoms with E-state index < -0.39 is 12.1 Å². The highest BCUT2D eigenvalue weighted by Crippen LogP contribution is 2.45. The number of carbonyl (C=O) groups excluding carboxylic acids is 1. The number of aryl methyl sites for hydroxylation is 1. The van der Waals surface area contributed by atoms with E-state index in [2.05, 4.69) is 27.3 Å². The minimum absolute atomic E-state index is 0.0244. The summed E-state index contributed by atoms with van der Waals surface area (Å²) in [5, 5.41) is 10.2. The third kappa shape index (κ3) is 5.81. The van der Waals surface area contributed by atoms with Gasteiger partial charge in [-0.3, -0.25) is 9.88 Å². The number of amides is 2. The molecule has 3 atom stereocenters. The van der Waals surface area contributed by atoms with Crippen molar-refractivity contribution in [3.63, 3.8) is 0 Å². The molecule has 2 fully saturated rings. The lowest BCUT2D eigenvalue weighted by Crippen LogP contribution is -2.40. The molecule has 0 radical (unpaired) electrons. The van der Waals surface area contributed by atoms with Gasteiger partial charge in [-0.2, -0.15) is 13.2 Å². The van der Waals surface area contributed by atoms with Crippen LogP contribution in [0.2, 0.25) is 0 Å². The first-order valence-electron chi connectivity index (χ1n) is 8.42. The molecular weight excluding hydrogens is 365 g/mol. The number of urea groups is 1. The number of hydrogen-bond donors (Lipinski definition) is 2.